The van der Waals surface area contributed by atoms with Crippen LogP contribution in [0.1, 0.15) is 39.7 Å². The van der Waals surface area contributed by atoms with Crippen molar-refractivity contribution in [1.29, 1.82) is 0 Å². The highest BCUT2D eigenvalue weighted by atomic mass is 16.5. The molecule has 0 fully saturated rings. The smallest absolute Gasteiger partial charge is 0.170 e. The minimum atomic E-state index is -0.266. The SMILES string of the molecule is CC.CC(CCc1ccccc1)OC1C=CN=c2ccccc2=N1.CC=O. The first kappa shape index (κ1) is 22.5. The standard InChI is InChI=1S/C19H20N2O.C2H4O.C2H6/c1-15(11-12-16-7-3-2-4-8-16)22-19-13-14-20-17-9-5-6-10-18(17)21-19;1-2-3;1-2/h2-10,13-15,19H,11-12H2,1H3;2H,1H3;1-2H3. The highest BCUT2D eigenvalue weighted by molar-refractivity contribution is 5.44. The van der Waals surface area contributed by atoms with Gasteiger partial charge < -0.3 is 9.53 Å². The summed E-state index contributed by atoms with van der Waals surface area (Å²) in [7, 11) is 0. The number of hydrogen-bond donors (Lipinski definition) is 0. The second-order valence-electron chi connectivity index (χ2n) is 5.69. The molecule has 1 aliphatic rings. The number of hydrogen-bond acceptors (Lipinski definition) is 4. The first-order valence-electron chi connectivity index (χ1n) is 9.49. The van der Waals surface area contributed by atoms with Gasteiger partial charge in [0.05, 0.1) is 16.8 Å². The van der Waals surface area contributed by atoms with Crippen molar-refractivity contribution in [2.75, 3.05) is 0 Å². The van der Waals surface area contributed by atoms with Crippen LogP contribution >= 0.6 is 0 Å². The lowest BCUT2D eigenvalue weighted by Crippen LogP contribution is -2.27. The minimum absolute atomic E-state index is 0.142. The van der Waals surface area contributed by atoms with Gasteiger partial charge in [-0.25, -0.2) is 4.99 Å². The average molecular weight is 367 g/mol. The van der Waals surface area contributed by atoms with E-state index in [0.717, 1.165) is 29.8 Å². The molecule has 2 aromatic carbocycles. The summed E-state index contributed by atoms with van der Waals surface area (Å²) in [6.45, 7) is 7.54. The summed E-state index contributed by atoms with van der Waals surface area (Å²) < 4.78 is 6.04. The van der Waals surface area contributed by atoms with Gasteiger partial charge in [-0.1, -0.05) is 56.3 Å². The van der Waals surface area contributed by atoms with Crippen molar-refractivity contribution in [3.8, 4) is 0 Å². The predicted molar refractivity (Wildman–Crippen MR) is 110 cm³/mol. The number of carbonyl (C=O) groups is 1. The summed E-state index contributed by atoms with van der Waals surface area (Å²) in [5.41, 5.74) is 1.34. The van der Waals surface area contributed by atoms with Gasteiger partial charge >= 0.3 is 0 Å². The summed E-state index contributed by atoms with van der Waals surface area (Å²) in [5.74, 6) is 0. The van der Waals surface area contributed by atoms with Crippen LogP contribution in [-0.4, -0.2) is 18.6 Å². The van der Waals surface area contributed by atoms with Crippen molar-refractivity contribution in [2.45, 2.75) is 52.9 Å². The molecule has 0 saturated heterocycles. The van der Waals surface area contributed by atoms with Gasteiger partial charge in [-0.3, -0.25) is 4.99 Å². The quantitative estimate of drug-likeness (QED) is 0.750. The Hall–Kier alpha value is -2.59. The summed E-state index contributed by atoms with van der Waals surface area (Å²) in [6.07, 6.45) is 6.30. The second kappa shape index (κ2) is 13.6. The minimum Gasteiger partial charge on any atom is -0.350 e. The van der Waals surface area contributed by atoms with Crippen LogP contribution in [0, 0.1) is 0 Å². The van der Waals surface area contributed by atoms with Gasteiger partial charge in [0.2, 0.25) is 0 Å². The molecule has 4 nitrogen and oxygen atoms in total. The number of rotatable bonds is 5. The van der Waals surface area contributed by atoms with E-state index in [1.807, 2.05) is 50.3 Å². The number of benzene rings is 2. The van der Waals surface area contributed by atoms with Crippen molar-refractivity contribution in [3.63, 3.8) is 0 Å². The number of nitrogens with zero attached hydrogens (tertiary/aromatic N) is 2. The number of aryl methyl sites for hydroxylation is 1. The van der Waals surface area contributed by atoms with Gasteiger partial charge in [-0.15, -0.1) is 0 Å². The molecular weight excluding hydrogens is 336 g/mol. The molecule has 2 unspecified atom stereocenters. The molecule has 0 spiro atoms. The Morgan fingerprint density at radius 3 is 2.30 bits per heavy atom. The van der Waals surface area contributed by atoms with E-state index >= 15 is 0 Å². The molecule has 0 aromatic heterocycles. The number of fused-ring (bicyclic) bond motifs is 1. The van der Waals surface area contributed by atoms with Crippen LogP contribution in [0.3, 0.4) is 0 Å². The maximum Gasteiger partial charge on any atom is 0.170 e. The highest BCUT2D eigenvalue weighted by Gasteiger charge is 2.10. The van der Waals surface area contributed by atoms with E-state index in [1.54, 1.807) is 6.20 Å². The Labute approximate surface area is 162 Å². The molecule has 3 rings (SSSR count). The van der Waals surface area contributed by atoms with Crippen LogP contribution in [0.2, 0.25) is 0 Å². The van der Waals surface area contributed by atoms with Gasteiger partial charge in [0.15, 0.2) is 6.23 Å². The van der Waals surface area contributed by atoms with Crippen LogP contribution in [-0.2, 0) is 16.0 Å². The number of ether oxygens (including phenoxy) is 1. The molecule has 0 radical (unpaired) electrons. The molecular formula is C23H30N2O2. The normalized spacial score (nSPS) is 15.2. The topological polar surface area (TPSA) is 51.0 Å². The first-order chi connectivity index (χ1) is 13.2. The molecule has 0 N–H and O–H groups in total. The van der Waals surface area contributed by atoms with Crippen LogP contribution in [0.4, 0.5) is 0 Å². The van der Waals surface area contributed by atoms with Gasteiger partial charge in [-0.05, 0) is 50.5 Å². The van der Waals surface area contributed by atoms with Crippen LogP contribution in [0.15, 0.2) is 76.9 Å². The zero-order chi connectivity index (χ0) is 19.9. The maximum absolute atomic E-state index is 8.81. The van der Waals surface area contributed by atoms with E-state index in [2.05, 4.69) is 41.2 Å². The second-order valence-corrected chi connectivity index (χ2v) is 5.69. The lowest BCUT2D eigenvalue weighted by atomic mass is 10.1. The number of carbonyl (C=O) groups excluding carboxylic acids is 1. The van der Waals surface area contributed by atoms with Gasteiger partial charge in [0, 0.05) is 6.20 Å². The van der Waals surface area contributed by atoms with Crippen molar-refractivity contribution < 1.29 is 9.53 Å². The van der Waals surface area contributed by atoms with Gasteiger partial charge in [0.1, 0.15) is 6.29 Å². The van der Waals surface area contributed by atoms with Crippen LogP contribution in [0.5, 0.6) is 0 Å². The van der Waals surface area contributed by atoms with Crippen LogP contribution in [0.25, 0.3) is 0 Å². The van der Waals surface area contributed by atoms with E-state index in [0.29, 0.717) is 0 Å². The molecule has 0 amide bonds. The summed E-state index contributed by atoms with van der Waals surface area (Å²) in [5, 5.41) is 1.77. The molecule has 144 valence electrons. The fourth-order valence-electron chi connectivity index (χ4n) is 2.46. The lowest BCUT2D eigenvalue weighted by molar-refractivity contribution is -0.106. The third kappa shape index (κ3) is 8.56. The Kier molecular flexibility index (Phi) is 11.3. The Bertz CT molecular complexity index is 801. The summed E-state index contributed by atoms with van der Waals surface area (Å²) in [4.78, 5) is 17.8. The van der Waals surface area contributed by atoms with E-state index in [-0.39, 0.29) is 12.3 Å². The fraction of sp³-hybridized carbons (Fsp3) is 0.348. The van der Waals surface area contributed by atoms with Gasteiger partial charge in [0.25, 0.3) is 0 Å². The van der Waals surface area contributed by atoms with E-state index in [1.165, 1.54) is 12.5 Å². The highest BCUT2D eigenvalue weighted by Crippen LogP contribution is 2.10. The molecule has 0 saturated carbocycles. The van der Waals surface area contributed by atoms with Crippen molar-refractivity contribution in [3.05, 3.63) is 83.2 Å². The van der Waals surface area contributed by atoms with Crippen LogP contribution < -0.4 is 10.7 Å². The van der Waals surface area contributed by atoms with E-state index in [4.69, 9.17) is 9.53 Å². The Morgan fingerprint density at radius 2 is 1.63 bits per heavy atom. The number of aldehydes is 1. The van der Waals surface area contributed by atoms with Crippen molar-refractivity contribution in [2.24, 2.45) is 9.98 Å². The largest absolute Gasteiger partial charge is 0.350 e. The molecule has 27 heavy (non-hydrogen) atoms. The zero-order valence-electron chi connectivity index (χ0n) is 16.7. The molecule has 2 atom stereocenters. The predicted octanol–water partition coefficient (Wildman–Crippen LogP) is 4.05. The zero-order valence-corrected chi connectivity index (χ0v) is 16.7. The third-order valence-corrected chi connectivity index (χ3v) is 3.67. The van der Waals surface area contributed by atoms with Crippen molar-refractivity contribution in [1.82, 2.24) is 0 Å². The molecule has 1 aliphatic heterocycles. The molecule has 4 heteroatoms. The lowest BCUT2D eigenvalue weighted by Gasteiger charge is -2.16. The monoisotopic (exact) mass is 366 g/mol. The first-order valence-corrected chi connectivity index (χ1v) is 9.49. The van der Waals surface area contributed by atoms with Crippen molar-refractivity contribution >= 4 is 6.29 Å². The molecule has 1 heterocycles. The molecule has 0 aliphatic carbocycles. The summed E-state index contributed by atoms with van der Waals surface area (Å²) >= 11 is 0. The molecule has 2 aromatic rings. The maximum atomic E-state index is 8.81. The van der Waals surface area contributed by atoms with E-state index < -0.39 is 0 Å². The summed E-state index contributed by atoms with van der Waals surface area (Å²) in [6, 6.07) is 18.4. The molecule has 0 bridgehead atoms. The van der Waals surface area contributed by atoms with E-state index in [9.17, 15) is 0 Å². The average Bonchev–Trinajstić information content (AvgIpc) is 2.91. The third-order valence-electron chi connectivity index (χ3n) is 3.67. The fourth-order valence-corrected chi connectivity index (χ4v) is 2.46. The number of para-hydroxylation sites is 2. The Morgan fingerprint density at radius 1 is 1.04 bits per heavy atom. The van der Waals surface area contributed by atoms with Gasteiger partial charge in [-0.2, -0.15) is 0 Å². The Balaban J connectivity index is 0.000000665.